The molecule has 2 heterocycles. The fourth-order valence-corrected chi connectivity index (χ4v) is 12.2. The molecule has 0 radical (unpaired) electrons. The molecule has 10 aromatic carbocycles. The lowest BCUT2D eigenvalue weighted by Crippen LogP contribution is -2.14. The maximum atomic E-state index is 2.48. The summed E-state index contributed by atoms with van der Waals surface area (Å²) in [4.78, 5) is 0. The molecule has 0 spiro atoms. The Labute approximate surface area is 409 Å². The van der Waals surface area contributed by atoms with Gasteiger partial charge in [0.2, 0.25) is 0 Å². The molecule has 2 heteroatoms. The smallest absolute Gasteiger partial charge is 0.0724 e. The van der Waals surface area contributed by atoms with Crippen molar-refractivity contribution in [2.45, 2.75) is 38.5 Å². The second-order valence-electron chi connectivity index (χ2n) is 20.6. The van der Waals surface area contributed by atoms with Crippen molar-refractivity contribution in [1.29, 1.82) is 0 Å². The number of aromatic nitrogens is 2. The summed E-state index contributed by atoms with van der Waals surface area (Å²) in [5.74, 6) is 0. The number of hydrogen-bond acceptors (Lipinski definition) is 0. The van der Waals surface area contributed by atoms with Crippen molar-refractivity contribution in [3.63, 3.8) is 0 Å². The zero-order chi connectivity index (χ0) is 46.9. The molecule has 0 N–H and O–H groups in total. The van der Waals surface area contributed by atoms with E-state index in [4.69, 9.17) is 0 Å². The normalized spacial score (nSPS) is 13.9. The summed E-state index contributed by atoms with van der Waals surface area (Å²) in [7, 11) is 0. The van der Waals surface area contributed by atoms with Crippen LogP contribution in [-0.4, -0.2) is 9.13 Å². The van der Waals surface area contributed by atoms with Crippen molar-refractivity contribution in [2.75, 3.05) is 0 Å². The molecule has 0 fully saturated rings. The van der Waals surface area contributed by atoms with Crippen molar-refractivity contribution < 1.29 is 0 Å². The van der Waals surface area contributed by atoms with Crippen molar-refractivity contribution in [1.82, 2.24) is 9.13 Å². The first-order valence-corrected chi connectivity index (χ1v) is 24.7. The molecule has 0 aliphatic heterocycles. The third kappa shape index (κ3) is 6.06. The van der Waals surface area contributed by atoms with Crippen molar-refractivity contribution in [3.05, 3.63) is 253 Å². The van der Waals surface area contributed by atoms with E-state index in [1.807, 2.05) is 0 Å². The average molecular weight is 895 g/mol. The lowest BCUT2D eigenvalue weighted by atomic mass is 9.81. The Morgan fingerprint density at radius 3 is 1.03 bits per heavy atom. The van der Waals surface area contributed by atoms with Gasteiger partial charge in [-0.05, 0) is 148 Å². The zero-order valence-electron chi connectivity index (χ0n) is 39.8. The van der Waals surface area contributed by atoms with Crippen LogP contribution in [0.25, 0.3) is 111 Å². The first-order valence-electron chi connectivity index (χ1n) is 24.7. The van der Waals surface area contributed by atoms with E-state index in [0.29, 0.717) is 0 Å². The van der Waals surface area contributed by atoms with E-state index in [0.717, 1.165) is 33.8 Å². The summed E-state index contributed by atoms with van der Waals surface area (Å²) >= 11 is 0. The molecule has 332 valence electrons. The molecule has 2 nitrogen and oxygen atoms in total. The highest BCUT2D eigenvalue weighted by Crippen LogP contribution is 2.51. The van der Waals surface area contributed by atoms with Crippen LogP contribution in [0, 0.1) is 0 Å². The first-order chi connectivity index (χ1) is 34.2. The molecule has 12 aromatic rings. The fraction of sp³-hybridized carbons (Fsp3) is 0.0882. The summed E-state index contributed by atoms with van der Waals surface area (Å²) in [5.41, 5.74) is 25.0. The first kappa shape index (κ1) is 40.6. The Balaban J connectivity index is 0.920. The largest absolute Gasteiger partial charge is 0.308 e. The van der Waals surface area contributed by atoms with Gasteiger partial charge >= 0.3 is 0 Å². The summed E-state index contributed by atoms with van der Waals surface area (Å²) < 4.78 is 4.96. The van der Waals surface area contributed by atoms with Crippen LogP contribution < -0.4 is 0 Å². The van der Waals surface area contributed by atoms with Gasteiger partial charge in [0.15, 0.2) is 0 Å². The monoisotopic (exact) mass is 894 g/mol. The van der Waals surface area contributed by atoms with Gasteiger partial charge in [-0.1, -0.05) is 210 Å². The molecule has 0 saturated carbocycles. The van der Waals surface area contributed by atoms with Crippen LogP contribution in [0.3, 0.4) is 0 Å². The second-order valence-corrected chi connectivity index (χ2v) is 20.6. The summed E-state index contributed by atoms with van der Waals surface area (Å²) in [6.45, 7) is 9.43. The lowest BCUT2D eigenvalue weighted by molar-refractivity contribution is 0.660. The van der Waals surface area contributed by atoms with Crippen LogP contribution in [-0.2, 0) is 10.8 Å². The number of hydrogen-bond donors (Lipinski definition) is 0. The highest BCUT2D eigenvalue weighted by molar-refractivity contribution is 5.97. The Bertz CT molecular complexity index is 3830. The van der Waals surface area contributed by atoms with Gasteiger partial charge in [0, 0.05) is 22.2 Å². The van der Waals surface area contributed by atoms with Crippen LogP contribution in [0.15, 0.2) is 231 Å². The molecule has 14 rings (SSSR count). The van der Waals surface area contributed by atoms with Gasteiger partial charge in [0.1, 0.15) is 0 Å². The van der Waals surface area contributed by atoms with Crippen molar-refractivity contribution in [3.8, 4) is 78.4 Å². The predicted octanol–water partition coefficient (Wildman–Crippen LogP) is 18.0. The van der Waals surface area contributed by atoms with E-state index in [1.54, 1.807) is 0 Å². The maximum absolute atomic E-state index is 2.48. The van der Waals surface area contributed by atoms with Gasteiger partial charge in [0.25, 0.3) is 0 Å². The Hall–Kier alpha value is -8.46. The van der Waals surface area contributed by atoms with Gasteiger partial charge in [-0.3, -0.25) is 0 Å². The Kier molecular flexibility index (Phi) is 8.71. The fourth-order valence-electron chi connectivity index (χ4n) is 12.2. The van der Waals surface area contributed by atoms with Gasteiger partial charge in [-0.2, -0.15) is 0 Å². The molecule has 0 saturated heterocycles. The van der Waals surface area contributed by atoms with Crippen LogP contribution in [0.4, 0.5) is 0 Å². The van der Waals surface area contributed by atoms with E-state index >= 15 is 0 Å². The Morgan fingerprint density at radius 2 is 0.600 bits per heavy atom. The van der Waals surface area contributed by atoms with Gasteiger partial charge in [0.05, 0.1) is 22.4 Å². The van der Waals surface area contributed by atoms with E-state index in [9.17, 15) is 0 Å². The second kappa shape index (κ2) is 15.0. The average Bonchev–Trinajstić information content (AvgIpc) is 4.10. The molecule has 2 aromatic heterocycles. The Morgan fingerprint density at radius 1 is 0.257 bits per heavy atom. The molecule has 70 heavy (non-hydrogen) atoms. The number of benzene rings is 10. The molecule has 0 amide bonds. The van der Waals surface area contributed by atoms with E-state index < -0.39 is 0 Å². The minimum atomic E-state index is -0.0540. The summed E-state index contributed by atoms with van der Waals surface area (Å²) in [6.07, 6.45) is 0. The molecular formula is C68H50N2. The highest BCUT2D eigenvalue weighted by atomic mass is 15.1. The summed E-state index contributed by atoms with van der Waals surface area (Å²) in [5, 5.41) is 4.89. The van der Waals surface area contributed by atoms with E-state index in [-0.39, 0.29) is 10.8 Å². The van der Waals surface area contributed by atoms with Gasteiger partial charge < -0.3 is 9.13 Å². The van der Waals surface area contributed by atoms with Crippen LogP contribution in [0.2, 0.25) is 0 Å². The van der Waals surface area contributed by atoms with Crippen LogP contribution in [0.5, 0.6) is 0 Å². The summed E-state index contributed by atoms with van der Waals surface area (Å²) in [6, 6.07) is 86.2. The molecule has 0 atom stereocenters. The van der Waals surface area contributed by atoms with Crippen molar-refractivity contribution >= 4 is 32.6 Å². The van der Waals surface area contributed by atoms with Gasteiger partial charge in [-0.15, -0.1) is 0 Å². The van der Waals surface area contributed by atoms with E-state index in [1.165, 1.54) is 99.4 Å². The number of nitrogens with zero attached hydrogens (tertiary/aromatic N) is 2. The quantitative estimate of drug-likeness (QED) is 0.157. The van der Waals surface area contributed by atoms with Crippen LogP contribution in [0.1, 0.15) is 49.9 Å². The van der Waals surface area contributed by atoms with Crippen LogP contribution >= 0.6 is 0 Å². The topological polar surface area (TPSA) is 9.86 Å². The lowest BCUT2D eigenvalue weighted by Gasteiger charge is -2.22. The zero-order valence-corrected chi connectivity index (χ0v) is 39.8. The maximum Gasteiger partial charge on any atom is 0.0724 e. The molecule has 0 bridgehead atoms. The molecule has 2 aliphatic carbocycles. The highest BCUT2D eigenvalue weighted by Gasteiger charge is 2.36. The number of fused-ring (bicyclic) bond motifs is 9. The SMILES string of the molecule is CC1(C)c2ccccc2-c2ccc(-c3ccc(-c4cc5c(cc(-c6ccc(-c7ccc8c(c7)C(C)(C)c7ccccc7-8)cc6)n5-c5ccc6ccccc6c5)n4-c4ccc5ccccc5c4)cc3)cc21. The van der Waals surface area contributed by atoms with Gasteiger partial charge in [-0.25, -0.2) is 0 Å². The van der Waals surface area contributed by atoms with Crippen molar-refractivity contribution in [2.24, 2.45) is 0 Å². The molecule has 0 unspecified atom stereocenters. The third-order valence-electron chi connectivity index (χ3n) is 16.0. The third-order valence-corrected chi connectivity index (χ3v) is 16.0. The number of rotatable bonds is 6. The molecule has 2 aliphatic rings. The minimum Gasteiger partial charge on any atom is -0.308 e. The standard InChI is InChI=1S/C68H50N2/c1-67(2)59-19-11-9-17-55(59)57-35-31-51(39-61(57)67)45-21-25-47(26-22-45)63-41-65-66(69(63)53-33-29-43-13-5-7-15-49(43)37-53)42-64(70(65)54-34-30-44-14-6-8-16-50(44)38-54)48-27-23-46(24-28-48)52-32-36-58-56-18-10-12-20-60(56)68(3,4)62(58)40-52/h5-42H,1-4H3. The van der Waals surface area contributed by atoms with E-state index in [2.05, 4.69) is 267 Å². The predicted molar refractivity (Wildman–Crippen MR) is 294 cm³/mol. The minimum absolute atomic E-state index is 0.0540. The molecular weight excluding hydrogens is 845 g/mol.